The molecule has 0 radical (unpaired) electrons. The van der Waals surface area contributed by atoms with Gasteiger partial charge in [-0.15, -0.1) is 0 Å². The van der Waals surface area contributed by atoms with E-state index >= 15 is 0 Å². The summed E-state index contributed by atoms with van der Waals surface area (Å²) in [4.78, 5) is 2.26. The predicted octanol–water partition coefficient (Wildman–Crippen LogP) is 0.927. The van der Waals surface area contributed by atoms with Gasteiger partial charge in [-0.3, -0.25) is 4.90 Å². The van der Waals surface area contributed by atoms with Crippen molar-refractivity contribution in [1.29, 1.82) is 0 Å². The second-order valence-corrected chi connectivity index (χ2v) is 7.31. The molecule has 3 rings (SSSR count). The van der Waals surface area contributed by atoms with Crippen LogP contribution in [0.15, 0.2) is 48.5 Å². The lowest BCUT2D eigenvalue weighted by atomic mass is 10.00. The van der Waals surface area contributed by atoms with Gasteiger partial charge in [0.25, 0.3) is 0 Å². The second kappa shape index (κ2) is 10.5. The molecule has 0 bridgehead atoms. The number of hydrogen-bond donors (Lipinski definition) is 4. The van der Waals surface area contributed by atoms with Crippen molar-refractivity contribution in [3.63, 3.8) is 0 Å². The van der Waals surface area contributed by atoms with Crippen molar-refractivity contribution >= 4 is 0 Å². The summed E-state index contributed by atoms with van der Waals surface area (Å²) < 4.78 is 5.78. The Morgan fingerprint density at radius 1 is 1.04 bits per heavy atom. The molecule has 0 saturated carbocycles. The maximum Gasteiger partial charge on any atom is 0.119 e. The lowest BCUT2D eigenvalue weighted by molar-refractivity contribution is 0.0637. The van der Waals surface area contributed by atoms with Crippen LogP contribution in [0.1, 0.15) is 16.7 Å². The summed E-state index contributed by atoms with van der Waals surface area (Å²) >= 11 is 0. The number of nitrogens with zero attached hydrogens (tertiary/aromatic N) is 1. The highest BCUT2D eigenvalue weighted by Gasteiger charge is 2.18. The van der Waals surface area contributed by atoms with Gasteiger partial charge in [0.05, 0.1) is 19.3 Å². The Hall–Kier alpha value is -1.96. The van der Waals surface area contributed by atoms with Crippen molar-refractivity contribution < 1.29 is 20.1 Å². The van der Waals surface area contributed by atoms with Gasteiger partial charge in [0.15, 0.2) is 0 Å². The van der Waals surface area contributed by atoms with Gasteiger partial charge < -0.3 is 25.4 Å². The zero-order valence-electron chi connectivity index (χ0n) is 16.1. The van der Waals surface area contributed by atoms with Crippen LogP contribution in [-0.4, -0.2) is 65.3 Å². The Labute approximate surface area is 166 Å². The van der Waals surface area contributed by atoms with Crippen LogP contribution in [0.3, 0.4) is 0 Å². The molecule has 1 aliphatic rings. The fourth-order valence-corrected chi connectivity index (χ4v) is 3.45. The fraction of sp³-hybridized carbons (Fsp3) is 0.455. The molecule has 0 fully saturated rings. The Morgan fingerprint density at radius 2 is 1.82 bits per heavy atom. The highest BCUT2D eigenvalue weighted by molar-refractivity contribution is 5.29. The van der Waals surface area contributed by atoms with Crippen LogP contribution < -0.4 is 10.1 Å². The van der Waals surface area contributed by atoms with Gasteiger partial charge in [-0.2, -0.15) is 0 Å². The summed E-state index contributed by atoms with van der Waals surface area (Å²) in [5.74, 6) is 0.701. The lowest BCUT2D eigenvalue weighted by Crippen LogP contribution is -2.38. The average molecular weight is 386 g/mol. The third-order valence-corrected chi connectivity index (χ3v) is 5.06. The van der Waals surface area contributed by atoms with E-state index in [0.29, 0.717) is 18.8 Å². The highest BCUT2D eigenvalue weighted by Crippen LogP contribution is 2.19. The monoisotopic (exact) mass is 386 g/mol. The van der Waals surface area contributed by atoms with Gasteiger partial charge >= 0.3 is 0 Å². The largest absolute Gasteiger partial charge is 0.491 e. The zero-order valence-corrected chi connectivity index (χ0v) is 16.1. The zero-order chi connectivity index (χ0) is 19.8. The molecule has 1 aliphatic heterocycles. The van der Waals surface area contributed by atoms with Crippen LogP contribution in [0.4, 0.5) is 0 Å². The molecular formula is C22H30N2O4. The predicted molar refractivity (Wildman–Crippen MR) is 108 cm³/mol. The van der Waals surface area contributed by atoms with E-state index < -0.39 is 6.10 Å². The van der Waals surface area contributed by atoms with Crippen molar-refractivity contribution in [1.82, 2.24) is 10.2 Å². The van der Waals surface area contributed by atoms with E-state index in [1.54, 1.807) is 0 Å². The van der Waals surface area contributed by atoms with Crippen molar-refractivity contribution in [2.24, 2.45) is 0 Å². The summed E-state index contributed by atoms with van der Waals surface area (Å²) in [5, 5.41) is 31.7. The minimum atomic E-state index is -0.555. The molecule has 6 heteroatoms. The fourth-order valence-electron chi connectivity index (χ4n) is 3.45. The van der Waals surface area contributed by atoms with E-state index in [1.165, 1.54) is 11.1 Å². The van der Waals surface area contributed by atoms with Crippen molar-refractivity contribution in [2.45, 2.75) is 31.7 Å². The minimum absolute atomic E-state index is 0.111. The highest BCUT2D eigenvalue weighted by atomic mass is 16.5. The van der Waals surface area contributed by atoms with E-state index in [4.69, 9.17) is 14.9 Å². The van der Waals surface area contributed by atoms with Gasteiger partial charge in [0, 0.05) is 26.2 Å². The number of aliphatic hydroxyl groups is 3. The molecule has 1 heterocycles. The lowest BCUT2D eigenvalue weighted by Gasteiger charge is -2.30. The number of ether oxygens (including phenoxy) is 1. The maximum atomic E-state index is 10.4. The van der Waals surface area contributed by atoms with Gasteiger partial charge in [-0.05, 0) is 35.2 Å². The molecule has 28 heavy (non-hydrogen) atoms. The van der Waals surface area contributed by atoms with Gasteiger partial charge in [0.1, 0.15) is 18.5 Å². The first kappa shape index (κ1) is 20.8. The molecule has 1 unspecified atom stereocenters. The molecule has 0 aliphatic carbocycles. The number of hydrogen-bond acceptors (Lipinski definition) is 6. The number of nitrogens with one attached hydrogen (secondary N) is 1. The Morgan fingerprint density at radius 3 is 2.61 bits per heavy atom. The molecular weight excluding hydrogens is 356 g/mol. The second-order valence-electron chi connectivity index (χ2n) is 7.31. The first-order valence-corrected chi connectivity index (χ1v) is 9.82. The number of aliphatic hydroxyl groups excluding tert-OH is 3. The van der Waals surface area contributed by atoms with Gasteiger partial charge in [-0.1, -0.05) is 36.4 Å². The van der Waals surface area contributed by atoms with Crippen molar-refractivity contribution in [2.75, 3.05) is 32.9 Å². The minimum Gasteiger partial charge on any atom is -0.491 e. The van der Waals surface area contributed by atoms with E-state index in [2.05, 4.69) is 34.5 Å². The van der Waals surface area contributed by atoms with Gasteiger partial charge in [0.2, 0.25) is 0 Å². The Kier molecular flexibility index (Phi) is 7.82. The molecule has 1 atom stereocenters. The molecule has 4 N–H and O–H groups in total. The van der Waals surface area contributed by atoms with Crippen LogP contribution in [0.5, 0.6) is 5.75 Å². The van der Waals surface area contributed by atoms with Crippen LogP contribution in [0, 0.1) is 0 Å². The third-order valence-electron chi connectivity index (χ3n) is 5.06. The molecule has 0 aromatic heterocycles. The summed E-state index contributed by atoms with van der Waals surface area (Å²) in [6.07, 6.45) is 0.460. The first-order chi connectivity index (χ1) is 13.7. The Balaban J connectivity index is 1.44. The number of benzene rings is 2. The smallest absolute Gasteiger partial charge is 0.119 e. The molecule has 6 nitrogen and oxygen atoms in total. The third kappa shape index (κ3) is 6.02. The Bertz CT molecular complexity index is 736. The number of fused-ring (bicyclic) bond motifs is 1. The topological polar surface area (TPSA) is 85.2 Å². The summed E-state index contributed by atoms with van der Waals surface area (Å²) in [5.41, 5.74) is 3.73. The van der Waals surface area contributed by atoms with Crippen LogP contribution in [0.25, 0.3) is 0 Å². The molecule has 0 amide bonds. The number of rotatable bonds is 10. The summed E-state index contributed by atoms with van der Waals surface area (Å²) in [6.45, 7) is 2.95. The van der Waals surface area contributed by atoms with Crippen LogP contribution in [0.2, 0.25) is 0 Å². The van der Waals surface area contributed by atoms with E-state index in [0.717, 1.165) is 25.1 Å². The van der Waals surface area contributed by atoms with E-state index in [-0.39, 0.29) is 25.9 Å². The van der Waals surface area contributed by atoms with Gasteiger partial charge in [-0.25, -0.2) is 0 Å². The average Bonchev–Trinajstić information content (AvgIpc) is 2.73. The van der Waals surface area contributed by atoms with Crippen LogP contribution in [-0.2, 0) is 19.5 Å². The first-order valence-electron chi connectivity index (χ1n) is 9.82. The quantitative estimate of drug-likeness (QED) is 0.486. The summed E-state index contributed by atoms with van der Waals surface area (Å²) in [7, 11) is 0. The molecule has 0 saturated heterocycles. The standard InChI is InChI=1S/C22H30N2O4/c25-14-20(15-26)23-11-17-4-3-7-22(10-17)28-16-21(27)13-24-9-8-18-5-1-2-6-19(18)12-24/h1-7,10,20-21,23,25-27H,8-9,11-16H2. The van der Waals surface area contributed by atoms with E-state index in [1.807, 2.05) is 24.3 Å². The molecule has 2 aromatic carbocycles. The SMILES string of the molecule is OCC(CO)NCc1cccc(OCC(O)CN2CCc3ccccc3C2)c1. The van der Waals surface area contributed by atoms with E-state index in [9.17, 15) is 5.11 Å². The molecule has 0 spiro atoms. The molecule has 2 aromatic rings. The number of β-amino-alcohol motifs (C(OH)–C–C–N with tert-alkyl or cyclic N) is 1. The van der Waals surface area contributed by atoms with Crippen molar-refractivity contribution in [3.05, 3.63) is 65.2 Å². The normalized spacial score (nSPS) is 15.4. The summed E-state index contributed by atoms with van der Waals surface area (Å²) in [6, 6.07) is 15.8. The van der Waals surface area contributed by atoms with Crippen molar-refractivity contribution in [3.8, 4) is 5.75 Å². The molecule has 152 valence electrons. The maximum absolute atomic E-state index is 10.4. The van der Waals surface area contributed by atoms with Crippen LogP contribution >= 0.6 is 0 Å².